The van der Waals surface area contributed by atoms with Gasteiger partial charge in [-0.1, -0.05) is 30.8 Å². The van der Waals surface area contributed by atoms with Crippen LogP contribution < -0.4 is 0 Å². The van der Waals surface area contributed by atoms with Crippen LogP contribution in [0.1, 0.15) is 70.6 Å². The highest BCUT2D eigenvalue weighted by molar-refractivity contribution is 5.86. The van der Waals surface area contributed by atoms with Gasteiger partial charge in [0.05, 0.1) is 5.71 Å². The van der Waals surface area contributed by atoms with E-state index in [2.05, 4.69) is 10.1 Å². The van der Waals surface area contributed by atoms with Crippen LogP contribution in [0.4, 0.5) is 0 Å². The lowest BCUT2D eigenvalue weighted by Crippen LogP contribution is -2.58. The lowest BCUT2D eigenvalue weighted by Gasteiger charge is -2.53. The van der Waals surface area contributed by atoms with Gasteiger partial charge in [0.2, 0.25) is 0 Å². The number of nitrogens with zero attached hydrogens (tertiary/aromatic N) is 2. The monoisotopic (exact) mass is 276 g/mol. The summed E-state index contributed by atoms with van der Waals surface area (Å²) >= 11 is 0. The minimum absolute atomic E-state index is 0.678. The van der Waals surface area contributed by atoms with Crippen molar-refractivity contribution in [3.8, 4) is 0 Å². The van der Waals surface area contributed by atoms with Gasteiger partial charge in [0, 0.05) is 31.0 Å². The highest BCUT2D eigenvalue weighted by Gasteiger charge is 2.43. The van der Waals surface area contributed by atoms with E-state index in [1.165, 1.54) is 57.8 Å². The lowest BCUT2D eigenvalue weighted by molar-refractivity contribution is -0.0150. The Labute approximate surface area is 122 Å². The molecule has 2 aliphatic carbocycles. The molecule has 5 atom stereocenters. The zero-order valence-corrected chi connectivity index (χ0v) is 12.5. The summed E-state index contributed by atoms with van der Waals surface area (Å²) in [7, 11) is 0. The van der Waals surface area contributed by atoms with E-state index in [9.17, 15) is 0 Å². The third-order valence-electron chi connectivity index (χ3n) is 6.53. The topological polar surface area (TPSA) is 35.8 Å². The minimum Gasteiger partial charge on any atom is -0.411 e. The third kappa shape index (κ3) is 2.28. The summed E-state index contributed by atoms with van der Waals surface area (Å²) in [5.41, 5.74) is 1.06. The zero-order valence-electron chi connectivity index (χ0n) is 12.5. The second-order valence-electron chi connectivity index (χ2n) is 7.78. The van der Waals surface area contributed by atoms with Crippen LogP contribution in [-0.2, 0) is 0 Å². The third-order valence-corrected chi connectivity index (χ3v) is 6.53. The van der Waals surface area contributed by atoms with Crippen LogP contribution in [0.3, 0.4) is 0 Å². The van der Waals surface area contributed by atoms with Crippen LogP contribution in [0.25, 0.3) is 0 Å². The van der Waals surface area contributed by atoms with E-state index in [0.717, 1.165) is 36.4 Å². The SMILES string of the molecule is O/N=C1/C[C@H]2CCC[C@@H](C1)N2[C@H]1C[C@@H]2CCC[C@@H](C2)C1. The van der Waals surface area contributed by atoms with Crippen molar-refractivity contribution in [3.63, 3.8) is 0 Å². The van der Waals surface area contributed by atoms with E-state index >= 15 is 0 Å². The Hall–Kier alpha value is -0.570. The fraction of sp³-hybridized carbons (Fsp3) is 0.941. The Morgan fingerprint density at radius 3 is 2.00 bits per heavy atom. The molecule has 2 heterocycles. The predicted molar refractivity (Wildman–Crippen MR) is 80.2 cm³/mol. The van der Waals surface area contributed by atoms with Crippen LogP contribution in [-0.4, -0.2) is 33.9 Å². The van der Waals surface area contributed by atoms with Gasteiger partial charge >= 0.3 is 0 Å². The van der Waals surface area contributed by atoms with Gasteiger partial charge < -0.3 is 5.21 Å². The molecule has 2 saturated carbocycles. The summed E-state index contributed by atoms with van der Waals surface area (Å²) in [6, 6.07) is 2.20. The van der Waals surface area contributed by atoms with E-state index in [4.69, 9.17) is 5.21 Å². The molecule has 4 rings (SSSR count). The Balaban J connectivity index is 1.52. The summed E-state index contributed by atoms with van der Waals surface area (Å²) < 4.78 is 0. The average Bonchev–Trinajstić information content (AvgIpc) is 2.45. The Bertz CT molecular complexity index is 366. The Kier molecular flexibility index (Phi) is 3.49. The molecule has 20 heavy (non-hydrogen) atoms. The number of hydrogen-bond acceptors (Lipinski definition) is 3. The molecule has 1 N–H and O–H groups in total. The van der Waals surface area contributed by atoms with E-state index < -0.39 is 0 Å². The molecule has 0 unspecified atom stereocenters. The first kappa shape index (κ1) is 13.1. The zero-order chi connectivity index (χ0) is 13.5. The molecular weight excluding hydrogens is 248 g/mol. The minimum atomic E-state index is 0.678. The van der Waals surface area contributed by atoms with Gasteiger partial charge in [0.15, 0.2) is 0 Å². The van der Waals surface area contributed by atoms with E-state index in [1.807, 2.05) is 0 Å². The van der Waals surface area contributed by atoms with Gasteiger partial charge in [-0.2, -0.15) is 0 Å². The molecule has 112 valence electrons. The van der Waals surface area contributed by atoms with Gasteiger partial charge in [0.1, 0.15) is 0 Å². The molecule has 0 aromatic rings. The molecule has 3 heteroatoms. The molecule has 2 saturated heterocycles. The molecule has 0 radical (unpaired) electrons. The van der Waals surface area contributed by atoms with Gasteiger partial charge in [-0.15, -0.1) is 0 Å². The predicted octanol–water partition coefficient (Wildman–Crippen LogP) is 3.80. The molecule has 0 aromatic heterocycles. The first-order valence-corrected chi connectivity index (χ1v) is 8.80. The fourth-order valence-corrected chi connectivity index (χ4v) is 5.85. The summed E-state index contributed by atoms with van der Waals surface area (Å²) in [5, 5.41) is 12.7. The van der Waals surface area contributed by atoms with Gasteiger partial charge in [0.25, 0.3) is 0 Å². The summed E-state index contributed by atoms with van der Waals surface area (Å²) in [5.74, 6) is 2.03. The fourth-order valence-electron chi connectivity index (χ4n) is 5.85. The highest BCUT2D eigenvalue weighted by atomic mass is 16.4. The van der Waals surface area contributed by atoms with Gasteiger partial charge in [-0.05, 0) is 43.9 Å². The molecular formula is C17H28N2O. The van der Waals surface area contributed by atoms with Crippen LogP contribution in [0.2, 0.25) is 0 Å². The van der Waals surface area contributed by atoms with E-state index in [-0.39, 0.29) is 0 Å². The maximum absolute atomic E-state index is 9.14. The van der Waals surface area contributed by atoms with Crippen molar-refractivity contribution >= 4 is 5.71 Å². The van der Waals surface area contributed by atoms with Crippen LogP contribution in [0, 0.1) is 11.8 Å². The second-order valence-corrected chi connectivity index (χ2v) is 7.78. The number of fused-ring (bicyclic) bond motifs is 4. The van der Waals surface area contributed by atoms with E-state index in [0.29, 0.717) is 12.1 Å². The smallest absolute Gasteiger partial charge is 0.0601 e. The highest BCUT2D eigenvalue weighted by Crippen LogP contribution is 2.45. The van der Waals surface area contributed by atoms with E-state index in [1.54, 1.807) is 0 Å². The molecule has 4 aliphatic rings. The van der Waals surface area contributed by atoms with Crippen molar-refractivity contribution in [1.29, 1.82) is 0 Å². The van der Waals surface area contributed by atoms with Crippen molar-refractivity contribution in [3.05, 3.63) is 0 Å². The molecule has 4 fully saturated rings. The van der Waals surface area contributed by atoms with Crippen molar-refractivity contribution in [2.45, 2.75) is 88.8 Å². The molecule has 4 bridgehead atoms. The standard InChI is InChI=1S/C17H28N2O/c20-18-14-10-15-5-2-6-16(11-14)19(15)17-8-12-3-1-4-13(7-12)9-17/h12-13,15-17,20H,1-11H2/b18-14-/t12-,13+,15-,16+,17+/m1/s1. The summed E-state index contributed by atoms with van der Waals surface area (Å²) in [4.78, 5) is 2.89. The normalized spacial score (nSPS) is 47.4. The lowest BCUT2D eigenvalue weighted by atomic mass is 9.68. The second kappa shape index (κ2) is 5.32. The molecule has 3 nitrogen and oxygen atoms in total. The van der Waals surface area contributed by atoms with Crippen molar-refractivity contribution in [1.82, 2.24) is 4.90 Å². The first-order valence-electron chi connectivity index (χ1n) is 8.80. The Morgan fingerprint density at radius 2 is 1.40 bits per heavy atom. The molecule has 0 aromatic carbocycles. The summed E-state index contributed by atoms with van der Waals surface area (Å²) in [6.07, 6.45) is 15.0. The van der Waals surface area contributed by atoms with Crippen molar-refractivity contribution in [2.24, 2.45) is 17.0 Å². The largest absolute Gasteiger partial charge is 0.411 e. The quantitative estimate of drug-likeness (QED) is 0.584. The maximum Gasteiger partial charge on any atom is 0.0601 e. The average molecular weight is 276 g/mol. The van der Waals surface area contributed by atoms with Crippen molar-refractivity contribution < 1.29 is 5.21 Å². The number of oxime groups is 1. The maximum atomic E-state index is 9.14. The number of hydrogen-bond donors (Lipinski definition) is 1. The first-order chi connectivity index (χ1) is 9.83. The summed E-state index contributed by atoms with van der Waals surface area (Å²) in [6.45, 7) is 0. The van der Waals surface area contributed by atoms with Crippen molar-refractivity contribution in [2.75, 3.05) is 0 Å². The number of rotatable bonds is 1. The molecule has 0 spiro atoms. The molecule has 0 amide bonds. The van der Waals surface area contributed by atoms with Crippen LogP contribution >= 0.6 is 0 Å². The molecule has 2 aliphatic heterocycles. The van der Waals surface area contributed by atoms with Crippen LogP contribution in [0.5, 0.6) is 0 Å². The van der Waals surface area contributed by atoms with Gasteiger partial charge in [-0.3, -0.25) is 4.90 Å². The van der Waals surface area contributed by atoms with Crippen LogP contribution in [0.15, 0.2) is 5.16 Å². The van der Waals surface area contributed by atoms with Gasteiger partial charge in [-0.25, -0.2) is 0 Å². The number of piperidine rings is 2. The Morgan fingerprint density at radius 1 is 0.800 bits per heavy atom.